The standard InChI is InChI=1S/C13H28N2O2/c1-11(2)10-15(5)9-7-8-13(3,14-4)12(16)17-6/h11,14H,7-10H2,1-6H3. The van der Waals surface area contributed by atoms with E-state index in [9.17, 15) is 4.79 Å². The Morgan fingerprint density at radius 3 is 2.47 bits per heavy atom. The molecule has 1 N–H and O–H groups in total. The molecule has 0 aliphatic carbocycles. The van der Waals surface area contributed by atoms with Crippen LogP contribution in [0.1, 0.15) is 33.6 Å². The molecule has 1 unspecified atom stereocenters. The highest BCUT2D eigenvalue weighted by molar-refractivity contribution is 5.80. The number of carbonyl (C=O) groups excluding carboxylic acids is 1. The van der Waals surface area contributed by atoms with Crippen molar-refractivity contribution < 1.29 is 9.53 Å². The predicted octanol–water partition coefficient (Wildman–Crippen LogP) is 1.51. The lowest BCUT2D eigenvalue weighted by atomic mass is 9.96. The maximum absolute atomic E-state index is 11.6. The normalized spacial score (nSPS) is 15.1. The van der Waals surface area contributed by atoms with Crippen LogP contribution < -0.4 is 5.32 Å². The minimum absolute atomic E-state index is 0.188. The van der Waals surface area contributed by atoms with Crippen LogP contribution in [0.15, 0.2) is 0 Å². The van der Waals surface area contributed by atoms with Crippen molar-refractivity contribution >= 4 is 5.97 Å². The quantitative estimate of drug-likeness (QED) is 0.657. The molecule has 0 radical (unpaired) electrons. The highest BCUT2D eigenvalue weighted by Crippen LogP contribution is 2.14. The Kier molecular flexibility index (Phi) is 7.39. The Balaban J connectivity index is 4.04. The Hall–Kier alpha value is -0.610. The van der Waals surface area contributed by atoms with Crippen LogP contribution in [0, 0.1) is 5.92 Å². The third kappa shape index (κ3) is 6.03. The maximum atomic E-state index is 11.6. The molecule has 0 heterocycles. The van der Waals surface area contributed by atoms with Gasteiger partial charge in [0.2, 0.25) is 0 Å². The monoisotopic (exact) mass is 244 g/mol. The molecule has 0 fully saturated rings. The molecule has 0 rings (SSSR count). The van der Waals surface area contributed by atoms with E-state index >= 15 is 0 Å². The molecule has 0 aromatic heterocycles. The first-order chi connectivity index (χ1) is 7.85. The lowest BCUT2D eigenvalue weighted by Gasteiger charge is -2.27. The van der Waals surface area contributed by atoms with Crippen molar-refractivity contribution in [3.8, 4) is 0 Å². The minimum atomic E-state index is -0.562. The number of nitrogens with zero attached hydrogens (tertiary/aromatic N) is 1. The third-order valence-corrected chi connectivity index (χ3v) is 3.08. The molecule has 102 valence electrons. The summed E-state index contributed by atoms with van der Waals surface area (Å²) in [4.78, 5) is 13.9. The molecule has 0 saturated carbocycles. The number of carbonyl (C=O) groups is 1. The molecule has 0 bridgehead atoms. The van der Waals surface area contributed by atoms with Gasteiger partial charge < -0.3 is 15.0 Å². The zero-order valence-electron chi connectivity index (χ0n) is 12.2. The Morgan fingerprint density at radius 2 is 2.06 bits per heavy atom. The highest BCUT2D eigenvalue weighted by Gasteiger charge is 2.31. The average Bonchev–Trinajstić information content (AvgIpc) is 2.26. The lowest BCUT2D eigenvalue weighted by Crippen LogP contribution is -2.48. The van der Waals surface area contributed by atoms with Gasteiger partial charge in [-0.3, -0.25) is 4.79 Å². The SMILES string of the molecule is CNC(C)(CCCN(C)CC(C)C)C(=O)OC. The Morgan fingerprint density at radius 1 is 1.47 bits per heavy atom. The van der Waals surface area contributed by atoms with Gasteiger partial charge in [-0.05, 0) is 46.3 Å². The fourth-order valence-corrected chi connectivity index (χ4v) is 1.97. The molecule has 0 saturated heterocycles. The van der Waals surface area contributed by atoms with Gasteiger partial charge in [0, 0.05) is 6.54 Å². The van der Waals surface area contributed by atoms with Gasteiger partial charge in [0.05, 0.1) is 7.11 Å². The summed E-state index contributed by atoms with van der Waals surface area (Å²) in [6, 6.07) is 0. The smallest absolute Gasteiger partial charge is 0.325 e. The van der Waals surface area contributed by atoms with Crippen molar-refractivity contribution in [2.24, 2.45) is 5.92 Å². The molecule has 0 aliphatic rings. The fourth-order valence-electron chi connectivity index (χ4n) is 1.97. The Bertz CT molecular complexity index is 231. The number of rotatable bonds is 8. The summed E-state index contributed by atoms with van der Waals surface area (Å²) in [5.41, 5.74) is -0.562. The topological polar surface area (TPSA) is 41.6 Å². The van der Waals surface area contributed by atoms with Crippen molar-refractivity contribution in [2.45, 2.75) is 39.2 Å². The maximum Gasteiger partial charge on any atom is 0.325 e. The number of esters is 1. The molecule has 17 heavy (non-hydrogen) atoms. The summed E-state index contributed by atoms with van der Waals surface area (Å²) < 4.78 is 4.81. The van der Waals surface area contributed by atoms with E-state index in [-0.39, 0.29) is 5.97 Å². The first-order valence-corrected chi connectivity index (χ1v) is 6.31. The molecule has 0 spiro atoms. The molecular weight excluding hydrogens is 216 g/mol. The molecule has 0 aromatic rings. The molecule has 0 amide bonds. The summed E-state index contributed by atoms with van der Waals surface area (Å²) >= 11 is 0. The third-order valence-electron chi connectivity index (χ3n) is 3.08. The van der Waals surface area contributed by atoms with E-state index in [0.717, 1.165) is 25.9 Å². The van der Waals surface area contributed by atoms with Crippen molar-refractivity contribution in [3.05, 3.63) is 0 Å². The van der Waals surface area contributed by atoms with Crippen LogP contribution >= 0.6 is 0 Å². The summed E-state index contributed by atoms with van der Waals surface area (Å²) in [7, 11) is 5.35. The molecule has 0 aromatic carbocycles. The molecule has 4 heteroatoms. The van der Waals surface area contributed by atoms with E-state index in [1.165, 1.54) is 7.11 Å². The molecule has 0 aliphatic heterocycles. The highest BCUT2D eigenvalue weighted by atomic mass is 16.5. The van der Waals surface area contributed by atoms with Gasteiger partial charge in [0.15, 0.2) is 0 Å². The van der Waals surface area contributed by atoms with Crippen LogP contribution in [0.4, 0.5) is 0 Å². The first kappa shape index (κ1) is 16.4. The van der Waals surface area contributed by atoms with E-state index in [2.05, 4.69) is 31.1 Å². The molecule has 4 nitrogen and oxygen atoms in total. The van der Waals surface area contributed by atoms with Gasteiger partial charge in [-0.1, -0.05) is 13.8 Å². The lowest BCUT2D eigenvalue weighted by molar-refractivity contribution is -0.148. The van der Waals surface area contributed by atoms with Crippen molar-refractivity contribution in [3.63, 3.8) is 0 Å². The molecular formula is C13H28N2O2. The number of methoxy groups -OCH3 is 1. The first-order valence-electron chi connectivity index (χ1n) is 6.31. The van der Waals surface area contributed by atoms with Gasteiger partial charge in [0.1, 0.15) is 5.54 Å². The summed E-state index contributed by atoms with van der Waals surface area (Å²) in [5, 5.41) is 3.05. The van der Waals surface area contributed by atoms with Crippen molar-refractivity contribution in [2.75, 3.05) is 34.3 Å². The van der Waals surface area contributed by atoms with Crippen molar-refractivity contribution in [1.82, 2.24) is 10.2 Å². The van der Waals surface area contributed by atoms with Crippen LogP contribution in [0.3, 0.4) is 0 Å². The second-order valence-corrected chi connectivity index (χ2v) is 5.33. The second-order valence-electron chi connectivity index (χ2n) is 5.33. The average molecular weight is 244 g/mol. The van der Waals surface area contributed by atoms with Gasteiger partial charge in [-0.25, -0.2) is 0 Å². The van der Waals surface area contributed by atoms with E-state index in [0.29, 0.717) is 5.92 Å². The van der Waals surface area contributed by atoms with Gasteiger partial charge >= 0.3 is 5.97 Å². The summed E-state index contributed by atoms with van der Waals surface area (Å²) in [5.74, 6) is 0.489. The van der Waals surface area contributed by atoms with E-state index in [4.69, 9.17) is 4.74 Å². The fraction of sp³-hybridized carbons (Fsp3) is 0.923. The van der Waals surface area contributed by atoms with E-state index < -0.39 is 5.54 Å². The van der Waals surface area contributed by atoms with Crippen LogP contribution in [0.5, 0.6) is 0 Å². The van der Waals surface area contributed by atoms with Crippen molar-refractivity contribution in [1.29, 1.82) is 0 Å². The number of ether oxygens (including phenoxy) is 1. The number of likely N-dealkylation sites (N-methyl/N-ethyl adjacent to an activating group) is 1. The summed E-state index contributed by atoms with van der Waals surface area (Å²) in [6.45, 7) is 8.41. The van der Waals surface area contributed by atoms with Gasteiger partial charge in [-0.15, -0.1) is 0 Å². The largest absolute Gasteiger partial charge is 0.468 e. The second kappa shape index (κ2) is 7.67. The zero-order valence-corrected chi connectivity index (χ0v) is 12.2. The van der Waals surface area contributed by atoms with Crippen LogP contribution in [0.2, 0.25) is 0 Å². The van der Waals surface area contributed by atoms with Crippen LogP contribution in [0.25, 0.3) is 0 Å². The summed E-state index contributed by atoms with van der Waals surface area (Å²) in [6.07, 6.45) is 1.77. The Labute approximate surface area is 106 Å². The van der Waals surface area contributed by atoms with Crippen LogP contribution in [-0.2, 0) is 9.53 Å². The number of nitrogens with one attached hydrogen (secondary N) is 1. The van der Waals surface area contributed by atoms with Gasteiger partial charge in [-0.2, -0.15) is 0 Å². The zero-order chi connectivity index (χ0) is 13.5. The van der Waals surface area contributed by atoms with Crippen LogP contribution in [-0.4, -0.2) is 50.7 Å². The number of hydrogen-bond acceptors (Lipinski definition) is 4. The van der Waals surface area contributed by atoms with Gasteiger partial charge in [0.25, 0.3) is 0 Å². The minimum Gasteiger partial charge on any atom is -0.468 e. The van der Waals surface area contributed by atoms with E-state index in [1.807, 2.05) is 6.92 Å². The number of hydrogen-bond donors (Lipinski definition) is 1. The van der Waals surface area contributed by atoms with E-state index in [1.54, 1.807) is 7.05 Å². The molecule has 1 atom stereocenters. The predicted molar refractivity (Wildman–Crippen MR) is 71.0 cm³/mol.